The lowest BCUT2D eigenvalue weighted by Gasteiger charge is -2.30. The normalized spacial score (nSPS) is 19.0. The molecule has 1 fully saturated rings. The topological polar surface area (TPSA) is 73.9 Å². The number of amides is 2. The molecule has 0 radical (unpaired) electrons. The zero-order chi connectivity index (χ0) is 15.5. The Bertz CT molecular complexity index is 617. The Hall–Kier alpha value is -1.89. The number of nitrogens with zero attached hydrogens (tertiary/aromatic N) is 3. The molecule has 0 saturated carbocycles. The molecule has 1 atom stereocenters. The van der Waals surface area contributed by atoms with Crippen LogP contribution < -0.4 is 5.32 Å². The van der Waals surface area contributed by atoms with Gasteiger partial charge in [-0.3, -0.25) is 10.4 Å². The fourth-order valence-corrected chi connectivity index (χ4v) is 3.67. The van der Waals surface area contributed by atoms with Gasteiger partial charge in [0.05, 0.1) is 11.7 Å². The number of hydrogen-bond donors (Lipinski definition) is 2. The molecule has 2 aromatic rings. The van der Waals surface area contributed by atoms with Crippen molar-refractivity contribution in [3.63, 3.8) is 0 Å². The summed E-state index contributed by atoms with van der Waals surface area (Å²) < 4.78 is 0. The van der Waals surface area contributed by atoms with Crippen LogP contribution >= 0.6 is 11.3 Å². The lowest BCUT2D eigenvalue weighted by molar-refractivity contribution is 0.189. The monoisotopic (exact) mass is 319 g/mol. The molecule has 2 N–H and O–H groups in total. The number of anilines is 1. The van der Waals surface area contributed by atoms with Crippen LogP contribution in [0.15, 0.2) is 11.6 Å². The maximum absolute atomic E-state index is 12.7. The van der Waals surface area contributed by atoms with Crippen molar-refractivity contribution >= 4 is 22.5 Å². The predicted molar refractivity (Wildman–Crippen MR) is 87.1 cm³/mol. The van der Waals surface area contributed by atoms with Gasteiger partial charge in [-0.2, -0.15) is 5.10 Å². The van der Waals surface area contributed by atoms with E-state index in [4.69, 9.17) is 0 Å². The van der Waals surface area contributed by atoms with Crippen molar-refractivity contribution in [3.8, 4) is 0 Å². The van der Waals surface area contributed by atoms with E-state index in [1.54, 1.807) is 6.20 Å². The van der Waals surface area contributed by atoms with E-state index in [1.807, 2.05) is 24.1 Å². The third-order valence-corrected chi connectivity index (χ3v) is 4.87. The third kappa shape index (κ3) is 2.99. The molecule has 0 aromatic carbocycles. The molecule has 2 aromatic heterocycles. The van der Waals surface area contributed by atoms with E-state index in [0.29, 0.717) is 5.13 Å². The molecule has 7 heteroatoms. The van der Waals surface area contributed by atoms with Crippen LogP contribution in [0.2, 0.25) is 0 Å². The fraction of sp³-hybridized carbons (Fsp3) is 0.533. The summed E-state index contributed by atoms with van der Waals surface area (Å²) in [5.74, 6) is 0. The number of H-pyrrole nitrogens is 1. The van der Waals surface area contributed by atoms with Crippen molar-refractivity contribution < 1.29 is 4.79 Å². The Labute approximate surface area is 133 Å². The average molecular weight is 319 g/mol. The van der Waals surface area contributed by atoms with Crippen LogP contribution in [-0.4, -0.2) is 32.7 Å². The van der Waals surface area contributed by atoms with E-state index < -0.39 is 0 Å². The number of hydrogen-bond acceptors (Lipinski definition) is 4. The highest BCUT2D eigenvalue weighted by molar-refractivity contribution is 7.13. The van der Waals surface area contributed by atoms with Gasteiger partial charge in [0, 0.05) is 29.4 Å². The molecule has 0 aliphatic carbocycles. The van der Waals surface area contributed by atoms with Gasteiger partial charge in [-0.1, -0.05) is 12.8 Å². The van der Waals surface area contributed by atoms with Gasteiger partial charge in [0.1, 0.15) is 0 Å². The summed E-state index contributed by atoms with van der Waals surface area (Å²) in [4.78, 5) is 18.8. The second-order valence-electron chi connectivity index (χ2n) is 5.67. The van der Waals surface area contributed by atoms with Crippen LogP contribution in [0.5, 0.6) is 0 Å². The number of thiazole rings is 1. The van der Waals surface area contributed by atoms with Crippen molar-refractivity contribution in [1.29, 1.82) is 0 Å². The number of aromatic amines is 1. The fourth-order valence-electron chi connectivity index (χ4n) is 3.15. The first kappa shape index (κ1) is 15.0. The summed E-state index contributed by atoms with van der Waals surface area (Å²) in [5, 5.41) is 12.8. The summed E-state index contributed by atoms with van der Waals surface area (Å²) in [7, 11) is 0. The Kier molecular flexibility index (Phi) is 4.42. The van der Waals surface area contributed by atoms with Gasteiger partial charge in [-0.15, -0.1) is 11.3 Å². The van der Waals surface area contributed by atoms with E-state index >= 15 is 0 Å². The number of aromatic nitrogens is 3. The molecule has 1 aliphatic rings. The Morgan fingerprint density at radius 1 is 1.41 bits per heavy atom. The van der Waals surface area contributed by atoms with Gasteiger partial charge in [-0.05, 0) is 26.7 Å². The van der Waals surface area contributed by atoms with Crippen LogP contribution in [0, 0.1) is 13.8 Å². The second-order valence-corrected chi connectivity index (χ2v) is 6.57. The third-order valence-electron chi connectivity index (χ3n) is 4.18. The molecule has 1 unspecified atom stereocenters. The molecule has 2 amide bonds. The van der Waals surface area contributed by atoms with Crippen LogP contribution in [0.1, 0.15) is 48.7 Å². The molecule has 6 nitrogen and oxygen atoms in total. The minimum Gasteiger partial charge on any atom is -0.317 e. The van der Waals surface area contributed by atoms with Crippen LogP contribution in [0.3, 0.4) is 0 Å². The van der Waals surface area contributed by atoms with E-state index in [1.165, 1.54) is 11.3 Å². The number of likely N-dealkylation sites (tertiary alicyclic amines) is 1. The Balaban J connectivity index is 1.86. The van der Waals surface area contributed by atoms with Crippen molar-refractivity contribution in [2.24, 2.45) is 0 Å². The lowest BCUT2D eigenvalue weighted by atomic mass is 9.99. The summed E-state index contributed by atoms with van der Waals surface area (Å²) in [6.07, 6.45) is 6.01. The van der Waals surface area contributed by atoms with Crippen molar-refractivity contribution in [2.45, 2.75) is 45.6 Å². The van der Waals surface area contributed by atoms with Crippen LogP contribution in [0.4, 0.5) is 9.93 Å². The van der Waals surface area contributed by atoms with E-state index in [0.717, 1.165) is 49.2 Å². The van der Waals surface area contributed by atoms with Gasteiger partial charge >= 0.3 is 6.03 Å². The highest BCUT2D eigenvalue weighted by atomic mass is 32.1. The minimum absolute atomic E-state index is 0.0677. The smallest absolute Gasteiger partial charge is 0.317 e. The van der Waals surface area contributed by atoms with Gasteiger partial charge in [0.15, 0.2) is 5.13 Å². The number of carbonyl (C=O) groups is 1. The van der Waals surface area contributed by atoms with Gasteiger partial charge < -0.3 is 4.90 Å². The summed E-state index contributed by atoms with van der Waals surface area (Å²) >= 11 is 1.44. The molecule has 1 saturated heterocycles. The molecule has 22 heavy (non-hydrogen) atoms. The van der Waals surface area contributed by atoms with E-state index in [2.05, 4.69) is 20.5 Å². The van der Waals surface area contributed by atoms with Crippen molar-refractivity contribution in [2.75, 3.05) is 11.9 Å². The number of nitrogens with one attached hydrogen (secondary N) is 2. The molecular formula is C15H21N5OS. The first-order chi connectivity index (χ1) is 10.7. The molecule has 3 rings (SSSR count). The van der Waals surface area contributed by atoms with Crippen LogP contribution in [-0.2, 0) is 0 Å². The quantitative estimate of drug-likeness (QED) is 0.887. The summed E-state index contributed by atoms with van der Waals surface area (Å²) in [5.41, 5.74) is 3.20. The first-order valence-corrected chi connectivity index (χ1v) is 8.53. The standard InChI is InChI=1S/C15H21N5OS/c1-10-13(11(2)19-18-10)12-6-4-3-5-8-20(12)15(21)17-14-16-7-9-22-14/h7,9,12H,3-6,8H2,1-2H3,(H,18,19)(H,16,17,21). The Morgan fingerprint density at radius 2 is 2.27 bits per heavy atom. The highest BCUT2D eigenvalue weighted by Crippen LogP contribution is 2.33. The molecule has 0 spiro atoms. The second kappa shape index (κ2) is 6.48. The average Bonchev–Trinajstić information content (AvgIpc) is 3.03. The number of rotatable bonds is 2. The zero-order valence-electron chi connectivity index (χ0n) is 12.9. The number of carbonyl (C=O) groups excluding carboxylic acids is 1. The number of aryl methyl sites for hydroxylation is 2. The largest absolute Gasteiger partial charge is 0.324 e. The molecule has 1 aliphatic heterocycles. The summed E-state index contributed by atoms with van der Waals surface area (Å²) in [6, 6.07) is 0.0167. The molecule has 0 bridgehead atoms. The van der Waals surface area contributed by atoms with E-state index in [-0.39, 0.29) is 12.1 Å². The number of urea groups is 1. The molecule has 118 valence electrons. The minimum atomic E-state index is -0.0677. The van der Waals surface area contributed by atoms with Gasteiger partial charge in [0.25, 0.3) is 0 Å². The molecule has 3 heterocycles. The van der Waals surface area contributed by atoms with Crippen molar-refractivity contribution in [1.82, 2.24) is 20.1 Å². The maximum Gasteiger partial charge on any atom is 0.324 e. The highest BCUT2D eigenvalue weighted by Gasteiger charge is 2.30. The van der Waals surface area contributed by atoms with Crippen LogP contribution in [0.25, 0.3) is 0 Å². The van der Waals surface area contributed by atoms with Gasteiger partial charge in [0.2, 0.25) is 0 Å². The first-order valence-electron chi connectivity index (χ1n) is 7.65. The SMILES string of the molecule is Cc1n[nH]c(C)c1C1CCCCCN1C(=O)Nc1nccs1. The maximum atomic E-state index is 12.7. The van der Waals surface area contributed by atoms with E-state index in [9.17, 15) is 4.79 Å². The zero-order valence-corrected chi connectivity index (χ0v) is 13.7. The lowest BCUT2D eigenvalue weighted by Crippen LogP contribution is -2.38. The predicted octanol–water partition coefficient (Wildman–Crippen LogP) is 3.63. The van der Waals surface area contributed by atoms with Gasteiger partial charge in [-0.25, -0.2) is 9.78 Å². The molecular weight excluding hydrogens is 298 g/mol. The summed E-state index contributed by atoms with van der Waals surface area (Å²) in [6.45, 7) is 4.80. The Morgan fingerprint density at radius 3 is 2.95 bits per heavy atom. The van der Waals surface area contributed by atoms with Crippen molar-refractivity contribution in [3.05, 3.63) is 28.5 Å².